The summed E-state index contributed by atoms with van der Waals surface area (Å²) in [6, 6.07) is 13.8. The number of para-hydroxylation sites is 1. The van der Waals surface area contributed by atoms with Gasteiger partial charge in [-0.15, -0.1) is 5.53 Å². The van der Waals surface area contributed by atoms with Gasteiger partial charge < -0.3 is 20.0 Å². The maximum Gasteiger partial charge on any atom is 0.258 e. The summed E-state index contributed by atoms with van der Waals surface area (Å²) in [5.74, 6) is 0.988. The van der Waals surface area contributed by atoms with Crippen LogP contribution in [-0.4, -0.2) is 32.4 Å². The van der Waals surface area contributed by atoms with Crippen molar-refractivity contribution in [3.63, 3.8) is 0 Å². The third-order valence-electron chi connectivity index (χ3n) is 4.66. The van der Waals surface area contributed by atoms with Gasteiger partial charge in [-0.3, -0.25) is 5.01 Å². The van der Waals surface area contributed by atoms with Gasteiger partial charge in [0.05, 0.1) is 29.0 Å². The van der Waals surface area contributed by atoms with E-state index in [1.807, 2.05) is 53.7 Å². The molecule has 4 N–H and O–H groups in total. The highest BCUT2D eigenvalue weighted by molar-refractivity contribution is 5.92. The number of anilines is 2. The molecule has 0 fully saturated rings. The van der Waals surface area contributed by atoms with Crippen LogP contribution in [0.15, 0.2) is 53.2 Å². The first kappa shape index (κ1) is 16.8. The molecule has 8 nitrogen and oxygen atoms in total. The molecule has 28 heavy (non-hydrogen) atoms. The average Bonchev–Trinajstić information content (AvgIpc) is 3.39. The summed E-state index contributed by atoms with van der Waals surface area (Å²) in [6.45, 7) is 3.98. The summed E-state index contributed by atoms with van der Waals surface area (Å²) >= 11 is 0. The van der Waals surface area contributed by atoms with Crippen molar-refractivity contribution in [3.05, 3.63) is 48.7 Å². The minimum absolute atomic E-state index is 0.442. The summed E-state index contributed by atoms with van der Waals surface area (Å²) < 4.78 is 5.52. The first-order chi connectivity index (χ1) is 13.5. The van der Waals surface area contributed by atoms with Crippen molar-refractivity contribution in [2.45, 2.75) is 19.4 Å². The maximum absolute atomic E-state index is 10.1. The van der Waals surface area contributed by atoms with Gasteiger partial charge in [0.25, 0.3) is 5.89 Å². The second kappa shape index (κ2) is 6.08. The molecule has 0 saturated carbocycles. The van der Waals surface area contributed by atoms with E-state index in [2.05, 4.69) is 26.1 Å². The van der Waals surface area contributed by atoms with E-state index < -0.39 is 5.60 Å². The maximum atomic E-state index is 10.1. The molecular formula is C20H20N6O2. The molecule has 0 spiro atoms. The van der Waals surface area contributed by atoms with Crippen LogP contribution < -0.4 is 16.0 Å². The molecule has 4 aromatic rings. The number of benzene rings is 2. The zero-order valence-corrected chi connectivity index (χ0v) is 15.5. The fourth-order valence-corrected chi connectivity index (χ4v) is 3.43. The Morgan fingerprint density at radius 3 is 2.93 bits per heavy atom. The van der Waals surface area contributed by atoms with Crippen molar-refractivity contribution in [2.75, 3.05) is 17.0 Å². The summed E-state index contributed by atoms with van der Waals surface area (Å²) in [7, 11) is 0. The third kappa shape index (κ3) is 2.88. The fourth-order valence-electron chi connectivity index (χ4n) is 3.43. The number of aliphatic hydroxyl groups is 1. The van der Waals surface area contributed by atoms with Crippen LogP contribution in [0, 0.1) is 0 Å². The second-order valence-corrected chi connectivity index (χ2v) is 7.54. The second-order valence-electron chi connectivity index (χ2n) is 7.54. The number of nitrogens with one attached hydrogen (secondary N) is 3. The number of rotatable bonds is 4. The molecule has 142 valence electrons. The van der Waals surface area contributed by atoms with E-state index in [1.54, 1.807) is 13.8 Å². The monoisotopic (exact) mass is 376 g/mol. The SMILES string of the molecule is CC(C)(O)CN1NNc2cc(-c3nc(-c4cccc5cc[nH]c45)no3)ccc21. The average molecular weight is 376 g/mol. The smallest absolute Gasteiger partial charge is 0.258 e. The largest absolute Gasteiger partial charge is 0.389 e. The zero-order chi connectivity index (χ0) is 19.3. The molecule has 0 atom stereocenters. The number of fused-ring (bicyclic) bond motifs is 2. The van der Waals surface area contributed by atoms with Gasteiger partial charge in [0.15, 0.2) is 0 Å². The van der Waals surface area contributed by atoms with Gasteiger partial charge in [-0.05, 0) is 44.2 Å². The number of hydrazine groups is 2. The summed E-state index contributed by atoms with van der Waals surface area (Å²) in [4.78, 5) is 7.81. The van der Waals surface area contributed by atoms with Gasteiger partial charge in [-0.1, -0.05) is 17.3 Å². The van der Waals surface area contributed by atoms with Crippen LogP contribution in [0.1, 0.15) is 13.8 Å². The number of β-amino-alcohol motifs (C(OH)–C–C–N with tert-alkyl or cyclic N) is 1. The molecule has 0 saturated heterocycles. The number of hydrogen-bond acceptors (Lipinski definition) is 7. The van der Waals surface area contributed by atoms with Crippen molar-refractivity contribution < 1.29 is 9.63 Å². The van der Waals surface area contributed by atoms with Crippen LogP contribution in [-0.2, 0) is 0 Å². The number of H-pyrrole nitrogens is 1. The number of hydrogen-bond donors (Lipinski definition) is 4. The van der Waals surface area contributed by atoms with E-state index in [4.69, 9.17) is 4.52 Å². The molecule has 1 aliphatic rings. The van der Waals surface area contributed by atoms with E-state index in [1.165, 1.54) is 0 Å². The van der Waals surface area contributed by atoms with Gasteiger partial charge in [0.2, 0.25) is 5.82 Å². The lowest BCUT2D eigenvalue weighted by Crippen LogP contribution is -2.45. The van der Waals surface area contributed by atoms with Crippen molar-refractivity contribution >= 4 is 22.3 Å². The minimum atomic E-state index is -0.824. The van der Waals surface area contributed by atoms with Gasteiger partial charge in [-0.2, -0.15) is 4.98 Å². The van der Waals surface area contributed by atoms with E-state index in [0.717, 1.165) is 33.4 Å². The summed E-state index contributed by atoms with van der Waals surface area (Å²) in [6.07, 6.45) is 1.90. The van der Waals surface area contributed by atoms with Crippen LogP contribution in [0.3, 0.4) is 0 Å². The van der Waals surface area contributed by atoms with Crippen molar-refractivity contribution in [1.29, 1.82) is 0 Å². The zero-order valence-electron chi connectivity index (χ0n) is 15.5. The lowest BCUT2D eigenvalue weighted by molar-refractivity contribution is 0.0858. The van der Waals surface area contributed by atoms with E-state index in [0.29, 0.717) is 18.3 Å². The van der Waals surface area contributed by atoms with Crippen LogP contribution in [0.4, 0.5) is 11.4 Å². The summed E-state index contributed by atoms with van der Waals surface area (Å²) in [5, 5.41) is 17.2. The first-order valence-electron chi connectivity index (χ1n) is 9.04. The fraction of sp³-hybridized carbons (Fsp3) is 0.200. The molecule has 0 aliphatic carbocycles. The van der Waals surface area contributed by atoms with Gasteiger partial charge >= 0.3 is 0 Å². The van der Waals surface area contributed by atoms with Crippen molar-refractivity contribution in [3.8, 4) is 22.8 Å². The number of aromatic amines is 1. The Bertz CT molecular complexity index is 1160. The molecule has 1 aliphatic heterocycles. The van der Waals surface area contributed by atoms with Crippen molar-refractivity contribution in [1.82, 2.24) is 20.7 Å². The number of aromatic nitrogens is 3. The predicted octanol–water partition coefficient (Wildman–Crippen LogP) is 3.31. The Kier molecular flexibility index (Phi) is 3.65. The van der Waals surface area contributed by atoms with Crippen LogP contribution >= 0.6 is 0 Å². The lowest BCUT2D eigenvalue weighted by Gasteiger charge is -2.26. The van der Waals surface area contributed by atoms with Gasteiger partial charge in [-0.25, -0.2) is 0 Å². The quantitative estimate of drug-likeness (QED) is 0.433. The Labute approximate surface area is 161 Å². The van der Waals surface area contributed by atoms with E-state index in [9.17, 15) is 5.11 Å². The Balaban J connectivity index is 1.46. The Hall–Kier alpha value is -3.36. The van der Waals surface area contributed by atoms with Crippen LogP contribution in [0.25, 0.3) is 33.7 Å². The molecule has 8 heteroatoms. The predicted molar refractivity (Wildman–Crippen MR) is 107 cm³/mol. The van der Waals surface area contributed by atoms with Crippen LogP contribution in [0.5, 0.6) is 0 Å². The molecular weight excluding hydrogens is 356 g/mol. The summed E-state index contributed by atoms with van der Waals surface area (Å²) in [5.41, 5.74) is 9.87. The van der Waals surface area contributed by atoms with Crippen molar-refractivity contribution in [2.24, 2.45) is 0 Å². The number of nitrogens with zero attached hydrogens (tertiary/aromatic N) is 3. The highest BCUT2D eigenvalue weighted by Crippen LogP contribution is 2.34. The molecule has 0 radical (unpaired) electrons. The highest BCUT2D eigenvalue weighted by Gasteiger charge is 2.25. The molecule has 0 unspecified atom stereocenters. The normalized spacial score (nSPS) is 13.8. The molecule has 2 aromatic heterocycles. The Morgan fingerprint density at radius 1 is 1.18 bits per heavy atom. The molecule has 0 amide bonds. The van der Waals surface area contributed by atoms with E-state index >= 15 is 0 Å². The van der Waals surface area contributed by atoms with E-state index in [-0.39, 0.29) is 0 Å². The highest BCUT2D eigenvalue weighted by atomic mass is 16.5. The minimum Gasteiger partial charge on any atom is -0.389 e. The molecule has 2 aromatic carbocycles. The molecule has 3 heterocycles. The van der Waals surface area contributed by atoms with Crippen LogP contribution in [0.2, 0.25) is 0 Å². The molecule has 5 rings (SSSR count). The Morgan fingerprint density at radius 2 is 2.07 bits per heavy atom. The topological polar surface area (TPSA) is 102 Å². The standard InChI is InChI=1S/C20H20N6O2/c1-20(2,27)11-26-16-7-6-13(10-15(16)23-25-26)19-22-18(24-28-19)14-5-3-4-12-8-9-21-17(12)14/h3-10,21,23,25,27H,11H2,1-2H3. The first-order valence-corrected chi connectivity index (χ1v) is 9.04. The molecule has 0 bridgehead atoms. The van der Waals surface area contributed by atoms with Gasteiger partial charge in [0.1, 0.15) is 0 Å². The third-order valence-corrected chi connectivity index (χ3v) is 4.66. The van der Waals surface area contributed by atoms with Gasteiger partial charge in [0, 0.05) is 22.7 Å². The lowest BCUT2D eigenvalue weighted by atomic mass is 10.1.